The molecule has 0 aromatic carbocycles. The fourth-order valence-electron chi connectivity index (χ4n) is 1.42. The maximum absolute atomic E-state index is 11.4. The number of hydrogen-bond donors (Lipinski definition) is 2. The van der Waals surface area contributed by atoms with Crippen LogP contribution < -0.4 is 10.6 Å². The number of rotatable bonds is 12. The van der Waals surface area contributed by atoms with Crippen molar-refractivity contribution in [2.45, 2.75) is 33.1 Å². The Morgan fingerprint density at radius 1 is 0.821 bits per heavy atom. The van der Waals surface area contributed by atoms with Gasteiger partial charge in [-0.05, 0) is 13.8 Å². The molecule has 0 fully saturated rings. The maximum atomic E-state index is 11.4. The summed E-state index contributed by atoms with van der Waals surface area (Å²) in [4.78, 5) is 45.2. The summed E-state index contributed by atoms with van der Waals surface area (Å²) >= 11 is 1.97. The summed E-state index contributed by atoms with van der Waals surface area (Å²) in [5.74, 6) is -0.0470. The monoisotopic (exact) mass is 570 g/mol. The summed E-state index contributed by atoms with van der Waals surface area (Å²) in [5.41, 5.74) is 0. The molecule has 0 aliphatic rings. The number of hydrogen-bond acceptors (Lipinski definition) is 8. The van der Waals surface area contributed by atoms with E-state index in [4.69, 9.17) is 28.5 Å². The Labute approximate surface area is 190 Å². The second kappa shape index (κ2) is 23.1. The molecule has 0 aromatic heterocycles. The Morgan fingerprint density at radius 3 is 1.50 bits per heavy atom. The molecule has 0 rings (SSSR count). The van der Waals surface area contributed by atoms with Gasteiger partial charge in [0.15, 0.2) is 0 Å². The van der Waals surface area contributed by atoms with Crippen LogP contribution in [0.4, 0.5) is 9.59 Å². The van der Waals surface area contributed by atoms with Gasteiger partial charge in [0.05, 0.1) is 26.1 Å². The van der Waals surface area contributed by atoms with Gasteiger partial charge >= 0.3 is 46.9 Å². The molecule has 2 N–H and O–H groups in total. The number of amides is 2. The van der Waals surface area contributed by atoms with E-state index in [1.54, 1.807) is 0 Å². The van der Waals surface area contributed by atoms with Gasteiger partial charge in [-0.25, -0.2) is 0 Å². The van der Waals surface area contributed by atoms with Crippen LogP contribution in [0.25, 0.3) is 0 Å². The van der Waals surface area contributed by atoms with Crippen LogP contribution in [0.5, 0.6) is 0 Å². The van der Waals surface area contributed by atoms with Crippen molar-refractivity contribution in [2.24, 2.45) is 0 Å². The van der Waals surface area contributed by atoms with Crippen LogP contribution >= 0.6 is 42.6 Å². The zero-order valence-corrected chi connectivity index (χ0v) is 20.4. The summed E-state index contributed by atoms with van der Waals surface area (Å²) < 4.78 is 9.95. The quantitative estimate of drug-likeness (QED) is 0.208. The molecular formula is C15H26Cl2N2O6PdS2. The van der Waals surface area contributed by atoms with E-state index in [1.165, 1.54) is 0 Å². The SMILES string of the molecule is CCNC(=O)SCCC(=O)OCCCOC(=O)CCSC(=O)NCC.[Cl][Pd][Cl]. The molecule has 0 radical (unpaired) electrons. The van der Waals surface area contributed by atoms with Crippen molar-refractivity contribution in [3.05, 3.63) is 0 Å². The van der Waals surface area contributed by atoms with Crippen LogP contribution in [-0.2, 0) is 35.0 Å². The first-order valence-electron chi connectivity index (χ1n) is 8.36. The second-order valence-electron chi connectivity index (χ2n) is 4.67. The Morgan fingerprint density at radius 2 is 1.18 bits per heavy atom. The van der Waals surface area contributed by atoms with Crippen LogP contribution in [0.3, 0.4) is 0 Å². The van der Waals surface area contributed by atoms with Crippen molar-refractivity contribution in [3.63, 3.8) is 0 Å². The van der Waals surface area contributed by atoms with Crippen molar-refractivity contribution in [1.82, 2.24) is 10.6 Å². The van der Waals surface area contributed by atoms with Gasteiger partial charge in [-0.15, -0.1) is 0 Å². The molecule has 168 valence electrons. The van der Waals surface area contributed by atoms with E-state index in [0.29, 0.717) is 31.0 Å². The molecule has 0 spiro atoms. The Kier molecular flexibility index (Phi) is 24.8. The molecule has 0 aliphatic heterocycles. The van der Waals surface area contributed by atoms with Crippen LogP contribution in [0.2, 0.25) is 0 Å². The van der Waals surface area contributed by atoms with Crippen LogP contribution in [-0.4, -0.2) is 60.2 Å². The van der Waals surface area contributed by atoms with Crippen LogP contribution in [0.1, 0.15) is 33.1 Å². The number of ether oxygens (including phenoxy) is 2. The summed E-state index contributed by atoms with van der Waals surface area (Å²) in [6, 6.07) is 0. The van der Waals surface area contributed by atoms with Crippen LogP contribution in [0, 0.1) is 0 Å². The third-order valence-electron chi connectivity index (χ3n) is 2.54. The predicted octanol–water partition coefficient (Wildman–Crippen LogP) is 3.55. The Bertz CT molecular complexity index is 426. The van der Waals surface area contributed by atoms with Gasteiger partial charge in [0.25, 0.3) is 10.5 Å². The number of esters is 2. The zero-order chi connectivity index (χ0) is 21.6. The third kappa shape index (κ3) is 23.9. The van der Waals surface area contributed by atoms with Gasteiger partial charge in [-0.3, -0.25) is 19.2 Å². The van der Waals surface area contributed by atoms with E-state index in [2.05, 4.69) is 10.6 Å². The molecule has 0 atom stereocenters. The first-order valence-corrected chi connectivity index (χ1v) is 14.3. The molecule has 0 aliphatic carbocycles. The average molecular weight is 572 g/mol. The molecule has 0 bridgehead atoms. The predicted molar refractivity (Wildman–Crippen MR) is 111 cm³/mol. The average Bonchev–Trinajstić information content (AvgIpc) is 2.62. The normalized spacial score (nSPS) is 9.71. The van der Waals surface area contributed by atoms with E-state index in [9.17, 15) is 19.2 Å². The summed E-state index contributed by atoms with van der Waals surface area (Å²) in [6.07, 6.45) is 0.710. The van der Waals surface area contributed by atoms with E-state index in [0.717, 1.165) is 23.5 Å². The number of carbonyl (C=O) groups excluding carboxylic acids is 4. The number of thioether (sulfide) groups is 2. The topological polar surface area (TPSA) is 111 Å². The van der Waals surface area contributed by atoms with Gasteiger partial charge < -0.3 is 20.1 Å². The summed E-state index contributed by atoms with van der Waals surface area (Å²) in [7, 11) is 9.63. The van der Waals surface area contributed by atoms with Gasteiger partial charge in [-0.2, -0.15) is 0 Å². The molecule has 0 unspecified atom stereocenters. The number of carbonyl (C=O) groups is 4. The van der Waals surface area contributed by atoms with Gasteiger partial charge in [-0.1, -0.05) is 23.5 Å². The van der Waals surface area contributed by atoms with Gasteiger partial charge in [0, 0.05) is 31.0 Å². The molecule has 13 heteroatoms. The van der Waals surface area contributed by atoms with E-state index in [-0.39, 0.29) is 64.4 Å². The standard InChI is InChI=1S/C15H26N2O6S2.2ClH.Pd/c1-3-16-14(20)24-10-6-12(18)22-8-5-9-23-13(19)7-11-25-15(21)17-4-2;;;/h3-11H2,1-2H3,(H,16,20)(H,17,21);2*1H;/q;;;+2/p-2. The number of halogens is 2. The molecule has 0 aromatic rings. The molecule has 0 heterocycles. The number of nitrogens with one attached hydrogen (secondary N) is 2. The van der Waals surface area contributed by atoms with Gasteiger partial charge in [0.1, 0.15) is 0 Å². The van der Waals surface area contributed by atoms with E-state index in [1.807, 2.05) is 13.8 Å². The minimum absolute atomic E-state index is 0.106. The second-order valence-corrected chi connectivity index (χ2v) is 9.17. The first-order chi connectivity index (χ1) is 13.4. The molecule has 8 nitrogen and oxygen atoms in total. The fraction of sp³-hybridized carbons (Fsp3) is 0.733. The van der Waals surface area contributed by atoms with Crippen molar-refractivity contribution >= 4 is 65.0 Å². The first kappa shape index (κ1) is 30.0. The van der Waals surface area contributed by atoms with Crippen molar-refractivity contribution in [1.29, 1.82) is 0 Å². The minimum atomic E-state index is -0.388. The molecule has 28 heavy (non-hydrogen) atoms. The molecule has 0 saturated heterocycles. The van der Waals surface area contributed by atoms with E-state index < -0.39 is 0 Å². The van der Waals surface area contributed by atoms with Crippen molar-refractivity contribution < 1.29 is 44.6 Å². The fourth-order valence-corrected chi connectivity index (χ4v) is 2.82. The van der Waals surface area contributed by atoms with Crippen LogP contribution in [0.15, 0.2) is 0 Å². The molecule has 0 saturated carbocycles. The zero-order valence-electron chi connectivity index (χ0n) is 15.7. The van der Waals surface area contributed by atoms with Gasteiger partial charge in [0.2, 0.25) is 0 Å². The molecule has 2 amide bonds. The third-order valence-corrected chi connectivity index (χ3v) is 4.17. The van der Waals surface area contributed by atoms with Crippen molar-refractivity contribution in [3.8, 4) is 0 Å². The summed E-state index contributed by atoms with van der Waals surface area (Å²) in [6.45, 7) is 5.07. The van der Waals surface area contributed by atoms with E-state index >= 15 is 0 Å². The Balaban J connectivity index is 0. The molecular weight excluding hydrogens is 546 g/mol. The summed E-state index contributed by atoms with van der Waals surface area (Å²) in [5, 5.41) is 4.91. The van der Waals surface area contributed by atoms with Crippen molar-refractivity contribution in [2.75, 3.05) is 37.8 Å². The Hall–Kier alpha value is -0.178.